The molecule has 1 aromatic heterocycles. The van der Waals surface area contributed by atoms with Gasteiger partial charge in [-0.15, -0.1) is 0 Å². The first-order valence-corrected chi connectivity index (χ1v) is 4.38. The van der Waals surface area contributed by atoms with E-state index >= 15 is 0 Å². The summed E-state index contributed by atoms with van der Waals surface area (Å²) in [6, 6.07) is 1.66. The lowest BCUT2D eigenvalue weighted by molar-refractivity contribution is 0.289. The number of nitrogens with zero attached hydrogens (tertiary/aromatic N) is 2. The summed E-state index contributed by atoms with van der Waals surface area (Å²) >= 11 is 0. The molecular formula is C9H12N2O3. The predicted octanol–water partition coefficient (Wildman–Crippen LogP) is 0.0408. The van der Waals surface area contributed by atoms with Crippen LogP contribution in [0.15, 0.2) is 17.1 Å². The van der Waals surface area contributed by atoms with E-state index in [1.807, 2.05) is 6.92 Å². The van der Waals surface area contributed by atoms with Gasteiger partial charge >= 0.3 is 5.69 Å². The van der Waals surface area contributed by atoms with E-state index < -0.39 is 0 Å². The van der Waals surface area contributed by atoms with Crippen LogP contribution in [0.1, 0.15) is 6.92 Å². The van der Waals surface area contributed by atoms with E-state index in [-0.39, 0.29) is 11.3 Å². The second kappa shape index (κ2) is 3.09. The van der Waals surface area contributed by atoms with Gasteiger partial charge in [0.1, 0.15) is 5.60 Å². The first-order chi connectivity index (χ1) is 6.63. The third-order valence-electron chi connectivity index (χ3n) is 2.20. The van der Waals surface area contributed by atoms with E-state index in [0.29, 0.717) is 19.0 Å². The normalized spacial score (nSPS) is 24.7. The van der Waals surface area contributed by atoms with Crippen LogP contribution >= 0.6 is 0 Å². The monoisotopic (exact) mass is 196 g/mol. The minimum Gasteiger partial charge on any atom is -0.481 e. The van der Waals surface area contributed by atoms with Gasteiger partial charge in [0.05, 0.1) is 20.3 Å². The maximum atomic E-state index is 11.4. The highest BCUT2D eigenvalue weighted by molar-refractivity contribution is 5.06. The predicted molar refractivity (Wildman–Crippen MR) is 49.4 cm³/mol. The highest BCUT2D eigenvalue weighted by Crippen LogP contribution is 2.27. The molecule has 1 saturated heterocycles. The van der Waals surface area contributed by atoms with Gasteiger partial charge in [-0.05, 0) is 6.92 Å². The van der Waals surface area contributed by atoms with Gasteiger partial charge in [-0.25, -0.2) is 4.79 Å². The summed E-state index contributed by atoms with van der Waals surface area (Å²) in [5.41, 5.74) is -0.485. The van der Waals surface area contributed by atoms with Crippen LogP contribution < -0.4 is 10.4 Å². The van der Waals surface area contributed by atoms with Crippen LogP contribution in [0.3, 0.4) is 0 Å². The van der Waals surface area contributed by atoms with Crippen molar-refractivity contribution in [3.05, 3.63) is 22.7 Å². The number of hydrogen-bond donors (Lipinski definition) is 0. The number of ether oxygens (including phenoxy) is 2. The maximum Gasteiger partial charge on any atom is 0.350 e. The maximum absolute atomic E-state index is 11.4. The van der Waals surface area contributed by atoms with E-state index in [9.17, 15) is 4.79 Å². The standard InChI is InChI=1S/C9H12N2O3/c1-9(6-14-9)5-11-4-3-7(13-2)10-8(11)12/h3-4H,5-6H2,1-2H3. The van der Waals surface area contributed by atoms with Gasteiger partial charge in [-0.1, -0.05) is 0 Å². The Morgan fingerprint density at radius 2 is 2.50 bits per heavy atom. The van der Waals surface area contributed by atoms with E-state index in [1.165, 1.54) is 11.7 Å². The summed E-state index contributed by atoms with van der Waals surface area (Å²) in [6.45, 7) is 3.21. The minimum absolute atomic E-state index is 0.180. The van der Waals surface area contributed by atoms with Gasteiger partial charge in [0.25, 0.3) is 0 Å². The smallest absolute Gasteiger partial charge is 0.350 e. The number of methoxy groups -OCH3 is 1. The Bertz CT molecular complexity index is 395. The Morgan fingerprint density at radius 3 is 3.00 bits per heavy atom. The molecule has 1 aliphatic rings. The Labute approximate surface area is 81.3 Å². The molecule has 2 heterocycles. The van der Waals surface area contributed by atoms with Gasteiger partial charge in [-0.2, -0.15) is 4.98 Å². The first-order valence-electron chi connectivity index (χ1n) is 4.38. The average Bonchev–Trinajstić information content (AvgIpc) is 2.88. The molecule has 0 saturated carbocycles. The molecule has 0 radical (unpaired) electrons. The molecule has 0 bridgehead atoms. The van der Waals surface area contributed by atoms with Gasteiger partial charge in [0.15, 0.2) is 0 Å². The molecule has 1 unspecified atom stereocenters. The molecule has 5 nitrogen and oxygen atoms in total. The second-order valence-corrected chi connectivity index (χ2v) is 3.62. The van der Waals surface area contributed by atoms with Crippen molar-refractivity contribution in [2.45, 2.75) is 19.1 Å². The molecule has 2 rings (SSSR count). The molecule has 0 aromatic carbocycles. The fraction of sp³-hybridized carbons (Fsp3) is 0.556. The van der Waals surface area contributed by atoms with Gasteiger partial charge in [-0.3, -0.25) is 4.57 Å². The number of epoxide rings is 1. The molecule has 76 valence electrons. The highest BCUT2D eigenvalue weighted by Gasteiger charge is 2.39. The minimum atomic E-state index is -0.305. The van der Waals surface area contributed by atoms with Crippen LogP contribution in [0.4, 0.5) is 0 Å². The largest absolute Gasteiger partial charge is 0.481 e. The van der Waals surface area contributed by atoms with Crippen LogP contribution in [-0.2, 0) is 11.3 Å². The lowest BCUT2D eigenvalue weighted by Gasteiger charge is -2.07. The van der Waals surface area contributed by atoms with Crippen LogP contribution in [0.5, 0.6) is 5.88 Å². The SMILES string of the molecule is COc1ccn(CC2(C)CO2)c(=O)n1. The van der Waals surface area contributed by atoms with Crippen molar-refractivity contribution in [3.8, 4) is 5.88 Å². The van der Waals surface area contributed by atoms with Gasteiger partial charge in [0.2, 0.25) is 5.88 Å². The summed E-state index contributed by atoms with van der Waals surface area (Å²) in [7, 11) is 1.48. The topological polar surface area (TPSA) is 56.6 Å². The summed E-state index contributed by atoms with van der Waals surface area (Å²) < 4.78 is 11.6. The molecule has 0 N–H and O–H groups in total. The van der Waals surface area contributed by atoms with Crippen molar-refractivity contribution in [2.75, 3.05) is 13.7 Å². The third-order valence-corrected chi connectivity index (χ3v) is 2.20. The zero-order valence-corrected chi connectivity index (χ0v) is 8.19. The number of rotatable bonds is 3. The fourth-order valence-corrected chi connectivity index (χ4v) is 1.22. The van der Waals surface area contributed by atoms with E-state index in [1.54, 1.807) is 12.3 Å². The number of aromatic nitrogens is 2. The second-order valence-electron chi connectivity index (χ2n) is 3.62. The Kier molecular flexibility index (Phi) is 2.03. The molecule has 1 fully saturated rings. The number of hydrogen-bond acceptors (Lipinski definition) is 4. The third kappa shape index (κ3) is 1.77. The van der Waals surface area contributed by atoms with Crippen LogP contribution in [0.25, 0.3) is 0 Å². The zero-order valence-electron chi connectivity index (χ0n) is 8.19. The Hall–Kier alpha value is -1.36. The van der Waals surface area contributed by atoms with Gasteiger partial charge in [0, 0.05) is 12.3 Å². The molecule has 1 aliphatic heterocycles. The van der Waals surface area contributed by atoms with Crippen molar-refractivity contribution >= 4 is 0 Å². The summed E-state index contributed by atoms with van der Waals surface area (Å²) in [4.78, 5) is 15.2. The molecule has 1 atom stereocenters. The molecular weight excluding hydrogens is 184 g/mol. The summed E-state index contributed by atoms with van der Waals surface area (Å²) in [6.07, 6.45) is 1.67. The fourth-order valence-electron chi connectivity index (χ4n) is 1.22. The van der Waals surface area contributed by atoms with Crippen molar-refractivity contribution in [1.29, 1.82) is 0 Å². The molecule has 14 heavy (non-hydrogen) atoms. The zero-order chi connectivity index (χ0) is 10.2. The summed E-state index contributed by atoms with van der Waals surface area (Å²) in [5.74, 6) is 0.341. The highest BCUT2D eigenvalue weighted by atomic mass is 16.6. The van der Waals surface area contributed by atoms with Crippen LogP contribution in [0.2, 0.25) is 0 Å². The Balaban J connectivity index is 2.22. The lowest BCUT2D eigenvalue weighted by Crippen LogP contribution is -2.28. The first kappa shape index (κ1) is 9.21. The van der Waals surface area contributed by atoms with E-state index in [0.717, 1.165) is 0 Å². The van der Waals surface area contributed by atoms with Crippen molar-refractivity contribution < 1.29 is 9.47 Å². The Morgan fingerprint density at radius 1 is 1.79 bits per heavy atom. The van der Waals surface area contributed by atoms with Gasteiger partial charge < -0.3 is 9.47 Å². The van der Waals surface area contributed by atoms with Crippen molar-refractivity contribution in [1.82, 2.24) is 9.55 Å². The van der Waals surface area contributed by atoms with Crippen LogP contribution in [0, 0.1) is 0 Å². The lowest BCUT2D eigenvalue weighted by atomic mass is 10.2. The molecule has 5 heteroatoms. The molecule has 0 aliphatic carbocycles. The summed E-state index contributed by atoms with van der Waals surface area (Å²) in [5, 5.41) is 0. The average molecular weight is 196 g/mol. The molecule has 0 spiro atoms. The van der Waals surface area contributed by atoms with Crippen molar-refractivity contribution in [3.63, 3.8) is 0 Å². The van der Waals surface area contributed by atoms with E-state index in [2.05, 4.69) is 4.98 Å². The molecule has 0 amide bonds. The van der Waals surface area contributed by atoms with Crippen LogP contribution in [-0.4, -0.2) is 28.9 Å². The quantitative estimate of drug-likeness (QED) is 0.640. The molecule has 1 aromatic rings. The van der Waals surface area contributed by atoms with E-state index in [4.69, 9.17) is 9.47 Å². The van der Waals surface area contributed by atoms with Crippen molar-refractivity contribution in [2.24, 2.45) is 0 Å².